The van der Waals surface area contributed by atoms with Gasteiger partial charge >= 0.3 is 5.97 Å². The molecule has 0 atom stereocenters. The number of anilines is 1. The third-order valence-corrected chi connectivity index (χ3v) is 1.75. The van der Waals surface area contributed by atoms with E-state index in [0.717, 1.165) is 6.07 Å². The summed E-state index contributed by atoms with van der Waals surface area (Å²) in [5.74, 6) is -1.33. The molecule has 5 heteroatoms. The van der Waals surface area contributed by atoms with E-state index in [1.165, 1.54) is 12.1 Å². The first-order valence-electron chi connectivity index (χ1n) is 4.32. The number of ether oxygens (including phenoxy) is 1. The van der Waals surface area contributed by atoms with Crippen LogP contribution in [0.1, 0.15) is 0 Å². The normalized spacial score (nSPS) is 9.80. The van der Waals surface area contributed by atoms with Crippen molar-refractivity contribution in [1.82, 2.24) is 0 Å². The van der Waals surface area contributed by atoms with Gasteiger partial charge in [-0.15, -0.1) is 0 Å². The maximum Gasteiger partial charge on any atom is 0.341 e. The Kier molecular flexibility index (Phi) is 3.49. The fourth-order valence-corrected chi connectivity index (χ4v) is 1.11. The lowest BCUT2D eigenvalue weighted by atomic mass is 10.2. The number of carboxylic acid groups (broad SMARTS) is 1. The lowest BCUT2D eigenvalue weighted by Crippen LogP contribution is -2.14. The van der Waals surface area contributed by atoms with Gasteiger partial charge in [-0.2, -0.15) is 0 Å². The van der Waals surface area contributed by atoms with Gasteiger partial charge in [0.1, 0.15) is 11.6 Å². The van der Waals surface area contributed by atoms with Gasteiger partial charge in [-0.1, -0.05) is 0 Å². The molecule has 0 saturated heterocycles. The van der Waals surface area contributed by atoms with Crippen LogP contribution in [0.2, 0.25) is 0 Å². The lowest BCUT2D eigenvalue weighted by Gasteiger charge is -2.16. The zero-order chi connectivity index (χ0) is 11.4. The number of carbonyl (C=O) groups is 1. The van der Waals surface area contributed by atoms with Crippen LogP contribution >= 0.6 is 0 Å². The first-order valence-corrected chi connectivity index (χ1v) is 4.32. The average molecular weight is 213 g/mol. The predicted octanol–water partition coefficient (Wildman–Crippen LogP) is 1.36. The van der Waals surface area contributed by atoms with Crippen molar-refractivity contribution in [2.45, 2.75) is 0 Å². The average Bonchev–Trinajstić information content (AvgIpc) is 2.14. The minimum Gasteiger partial charge on any atom is -0.480 e. The Labute approximate surface area is 86.9 Å². The summed E-state index contributed by atoms with van der Waals surface area (Å²) in [6, 6.07) is 3.99. The van der Waals surface area contributed by atoms with Crippen LogP contribution in [-0.4, -0.2) is 31.8 Å². The Hall–Kier alpha value is -1.78. The molecular formula is C10H12FNO3. The number of halogens is 1. The van der Waals surface area contributed by atoms with Crippen molar-refractivity contribution in [2.75, 3.05) is 25.6 Å². The molecule has 0 aliphatic rings. The van der Waals surface area contributed by atoms with Crippen LogP contribution in [0.15, 0.2) is 18.2 Å². The first-order chi connectivity index (χ1) is 7.00. The molecule has 0 radical (unpaired) electrons. The predicted molar refractivity (Wildman–Crippen MR) is 53.9 cm³/mol. The van der Waals surface area contributed by atoms with Gasteiger partial charge in [0.2, 0.25) is 0 Å². The van der Waals surface area contributed by atoms with E-state index in [1.54, 1.807) is 19.0 Å². The lowest BCUT2D eigenvalue weighted by molar-refractivity contribution is -0.139. The highest BCUT2D eigenvalue weighted by Crippen LogP contribution is 2.27. The van der Waals surface area contributed by atoms with Gasteiger partial charge in [-0.25, -0.2) is 9.18 Å². The van der Waals surface area contributed by atoms with E-state index >= 15 is 0 Å². The number of carboxylic acids is 1. The molecule has 0 aliphatic heterocycles. The van der Waals surface area contributed by atoms with Crippen molar-refractivity contribution in [3.8, 4) is 5.75 Å². The molecular weight excluding hydrogens is 201 g/mol. The molecule has 0 spiro atoms. The summed E-state index contributed by atoms with van der Waals surface area (Å²) in [4.78, 5) is 12.0. The standard InChI is InChI=1S/C10H12FNO3/c1-12(2)8-4-3-7(11)5-9(8)15-6-10(13)14/h3-5H,6H2,1-2H3,(H,13,14). The van der Waals surface area contributed by atoms with Gasteiger partial charge in [-0.05, 0) is 12.1 Å². The highest BCUT2D eigenvalue weighted by molar-refractivity contribution is 5.69. The molecule has 1 rings (SSSR count). The second-order valence-corrected chi connectivity index (χ2v) is 3.19. The van der Waals surface area contributed by atoms with E-state index in [1.807, 2.05) is 0 Å². The molecule has 0 aliphatic carbocycles. The smallest absolute Gasteiger partial charge is 0.341 e. The minimum atomic E-state index is -1.09. The SMILES string of the molecule is CN(C)c1ccc(F)cc1OCC(=O)O. The van der Waals surface area contributed by atoms with Gasteiger partial charge in [0.25, 0.3) is 0 Å². The molecule has 0 bridgehead atoms. The Morgan fingerprint density at radius 2 is 2.20 bits per heavy atom. The second kappa shape index (κ2) is 4.63. The molecule has 1 aromatic carbocycles. The molecule has 0 saturated carbocycles. The molecule has 4 nitrogen and oxygen atoms in total. The Balaban J connectivity index is 2.91. The Morgan fingerprint density at radius 1 is 1.53 bits per heavy atom. The van der Waals surface area contributed by atoms with Crippen molar-refractivity contribution in [1.29, 1.82) is 0 Å². The Bertz CT molecular complexity index is 366. The van der Waals surface area contributed by atoms with Gasteiger partial charge < -0.3 is 14.7 Å². The molecule has 0 unspecified atom stereocenters. The highest BCUT2D eigenvalue weighted by atomic mass is 19.1. The maximum absolute atomic E-state index is 12.9. The first kappa shape index (κ1) is 11.3. The molecule has 0 heterocycles. The van der Waals surface area contributed by atoms with E-state index in [9.17, 15) is 9.18 Å². The van der Waals surface area contributed by atoms with Gasteiger partial charge in [0, 0.05) is 20.2 Å². The molecule has 1 N–H and O–H groups in total. The molecule has 0 fully saturated rings. The largest absolute Gasteiger partial charge is 0.480 e. The molecule has 0 aromatic heterocycles. The summed E-state index contributed by atoms with van der Waals surface area (Å²) in [6.45, 7) is -0.482. The van der Waals surface area contributed by atoms with Crippen LogP contribution in [0.4, 0.5) is 10.1 Å². The van der Waals surface area contributed by atoms with Gasteiger partial charge in [0.05, 0.1) is 5.69 Å². The second-order valence-electron chi connectivity index (χ2n) is 3.19. The summed E-state index contributed by atoms with van der Waals surface area (Å²) in [7, 11) is 3.53. The number of benzene rings is 1. The zero-order valence-corrected chi connectivity index (χ0v) is 8.53. The molecule has 82 valence electrons. The number of hydrogen-bond acceptors (Lipinski definition) is 3. The Morgan fingerprint density at radius 3 is 2.73 bits per heavy atom. The van der Waals surface area contributed by atoms with Gasteiger partial charge in [0.15, 0.2) is 6.61 Å². The number of nitrogens with zero attached hydrogens (tertiary/aromatic N) is 1. The highest BCUT2D eigenvalue weighted by Gasteiger charge is 2.08. The number of hydrogen-bond donors (Lipinski definition) is 1. The van der Waals surface area contributed by atoms with E-state index in [-0.39, 0.29) is 5.75 Å². The summed E-state index contributed by atoms with van der Waals surface area (Å²) in [5, 5.41) is 8.44. The van der Waals surface area contributed by atoms with E-state index < -0.39 is 18.4 Å². The van der Waals surface area contributed by atoms with Crippen LogP contribution < -0.4 is 9.64 Å². The van der Waals surface area contributed by atoms with Gasteiger partial charge in [-0.3, -0.25) is 0 Å². The van der Waals surface area contributed by atoms with Crippen LogP contribution in [0.25, 0.3) is 0 Å². The summed E-state index contributed by atoms with van der Waals surface area (Å²) in [5.41, 5.74) is 0.637. The monoisotopic (exact) mass is 213 g/mol. The van der Waals surface area contributed by atoms with Crippen LogP contribution in [0.3, 0.4) is 0 Å². The van der Waals surface area contributed by atoms with E-state index in [2.05, 4.69) is 0 Å². The van der Waals surface area contributed by atoms with Crippen molar-refractivity contribution in [3.05, 3.63) is 24.0 Å². The number of aliphatic carboxylic acids is 1. The quantitative estimate of drug-likeness (QED) is 0.820. The summed E-state index contributed by atoms with van der Waals surface area (Å²) < 4.78 is 17.8. The van der Waals surface area contributed by atoms with E-state index in [4.69, 9.17) is 9.84 Å². The van der Waals surface area contributed by atoms with Crippen molar-refractivity contribution in [2.24, 2.45) is 0 Å². The van der Waals surface area contributed by atoms with Crippen molar-refractivity contribution >= 4 is 11.7 Å². The topological polar surface area (TPSA) is 49.8 Å². The molecule has 1 aromatic rings. The summed E-state index contributed by atoms with van der Waals surface area (Å²) in [6.07, 6.45) is 0. The van der Waals surface area contributed by atoms with Crippen LogP contribution in [-0.2, 0) is 4.79 Å². The van der Waals surface area contributed by atoms with Crippen LogP contribution in [0.5, 0.6) is 5.75 Å². The van der Waals surface area contributed by atoms with Crippen LogP contribution in [0, 0.1) is 5.82 Å². The van der Waals surface area contributed by atoms with E-state index in [0.29, 0.717) is 5.69 Å². The fourth-order valence-electron chi connectivity index (χ4n) is 1.11. The zero-order valence-electron chi connectivity index (χ0n) is 8.53. The third-order valence-electron chi connectivity index (χ3n) is 1.75. The number of rotatable bonds is 4. The van der Waals surface area contributed by atoms with Crippen molar-refractivity contribution in [3.63, 3.8) is 0 Å². The minimum absolute atomic E-state index is 0.224. The molecule has 15 heavy (non-hydrogen) atoms. The van der Waals surface area contributed by atoms with Crippen molar-refractivity contribution < 1.29 is 19.0 Å². The fraction of sp³-hybridized carbons (Fsp3) is 0.300. The maximum atomic E-state index is 12.9. The summed E-state index contributed by atoms with van der Waals surface area (Å²) >= 11 is 0. The third kappa shape index (κ3) is 3.12. The molecule has 0 amide bonds.